The summed E-state index contributed by atoms with van der Waals surface area (Å²) in [5.74, 6) is 1.49. The molecule has 1 amide bonds. The van der Waals surface area contributed by atoms with Crippen molar-refractivity contribution in [2.45, 2.75) is 0 Å². The number of amides is 1. The molecule has 0 radical (unpaired) electrons. The molecule has 1 aromatic carbocycles. The first-order valence-corrected chi connectivity index (χ1v) is 9.77. The summed E-state index contributed by atoms with van der Waals surface area (Å²) in [6.07, 6.45) is 6.65. The van der Waals surface area contributed by atoms with E-state index in [1.807, 2.05) is 39.9 Å². The number of aromatic hydroxyl groups is 1. The number of nitrogens with zero attached hydrogens (tertiary/aromatic N) is 6. The molecule has 4 heterocycles. The highest BCUT2D eigenvalue weighted by atomic mass is 16.3. The van der Waals surface area contributed by atoms with Gasteiger partial charge in [0.1, 0.15) is 11.6 Å². The van der Waals surface area contributed by atoms with Gasteiger partial charge in [-0.05, 0) is 24.3 Å². The van der Waals surface area contributed by atoms with E-state index in [9.17, 15) is 9.90 Å². The van der Waals surface area contributed by atoms with Crippen LogP contribution in [0, 0.1) is 0 Å². The van der Waals surface area contributed by atoms with E-state index in [4.69, 9.17) is 0 Å². The van der Waals surface area contributed by atoms with Crippen molar-refractivity contribution in [1.29, 1.82) is 0 Å². The van der Waals surface area contributed by atoms with Gasteiger partial charge in [0.2, 0.25) is 5.95 Å². The Morgan fingerprint density at radius 2 is 1.67 bits per heavy atom. The van der Waals surface area contributed by atoms with Crippen LogP contribution in [-0.4, -0.2) is 61.6 Å². The standard InChI is InChI=1S/C22H20N6O2/c29-16-6-7-20(25-14-16)26-10-12-27(13-11-26)21(30)18-15-28(22-23-8-3-9-24-22)19-5-2-1-4-17(18)19/h1-9,14-15,29H,10-13H2. The van der Waals surface area contributed by atoms with Crippen LogP contribution in [0.1, 0.15) is 10.4 Å². The maximum atomic E-state index is 13.4. The molecule has 1 N–H and O–H groups in total. The van der Waals surface area contributed by atoms with Crippen molar-refractivity contribution in [1.82, 2.24) is 24.4 Å². The quantitative estimate of drug-likeness (QED) is 0.569. The lowest BCUT2D eigenvalue weighted by Crippen LogP contribution is -2.49. The molecule has 30 heavy (non-hydrogen) atoms. The first kappa shape index (κ1) is 18.1. The van der Waals surface area contributed by atoms with Crippen molar-refractivity contribution < 1.29 is 9.90 Å². The Morgan fingerprint density at radius 3 is 2.40 bits per heavy atom. The summed E-state index contributed by atoms with van der Waals surface area (Å²) in [6, 6.07) is 13.0. The molecule has 0 spiro atoms. The van der Waals surface area contributed by atoms with Gasteiger partial charge in [-0.3, -0.25) is 9.36 Å². The lowest BCUT2D eigenvalue weighted by Gasteiger charge is -2.35. The molecule has 150 valence electrons. The van der Waals surface area contributed by atoms with Gasteiger partial charge in [0.05, 0.1) is 17.3 Å². The first-order chi connectivity index (χ1) is 14.7. The summed E-state index contributed by atoms with van der Waals surface area (Å²) in [5.41, 5.74) is 1.55. The minimum atomic E-state index is -0.000744. The van der Waals surface area contributed by atoms with Crippen LogP contribution in [0.25, 0.3) is 16.9 Å². The summed E-state index contributed by atoms with van der Waals surface area (Å²) < 4.78 is 1.86. The number of aromatic nitrogens is 4. The molecule has 0 unspecified atom stereocenters. The molecule has 1 saturated heterocycles. The lowest BCUT2D eigenvalue weighted by atomic mass is 10.1. The third kappa shape index (κ3) is 3.22. The fourth-order valence-corrected chi connectivity index (χ4v) is 3.81. The molecular formula is C22H20N6O2. The molecule has 0 saturated carbocycles. The molecular weight excluding hydrogens is 380 g/mol. The fraction of sp³-hybridized carbons (Fsp3) is 0.182. The van der Waals surface area contributed by atoms with Gasteiger partial charge in [-0.1, -0.05) is 18.2 Å². The van der Waals surface area contributed by atoms with E-state index < -0.39 is 0 Å². The number of rotatable bonds is 3. The number of para-hydroxylation sites is 1. The molecule has 1 aliphatic rings. The third-order valence-corrected chi connectivity index (χ3v) is 5.33. The van der Waals surface area contributed by atoms with E-state index in [1.54, 1.807) is 30.6 Å². The predicted octanol–water partition coefficient (Wildman–Crippen LogP) is 2.48. The second-order valence-corrected chi connectivity index (χ2v) is 7.13. The molecule has 8 heteroatoms. The number of carbonyl (C=O) groups is 1. The van der Waals surface area contributed by atoms with E-state index in [2.05, 4.69) is 19.9 Å². The number of hydrogen-bond acceptors (Lipinski definition) is 6. The van der Waals surface area contributed by atoms with Crippen molar-refractivity contribution in [3.8, 4) is 11.7 Å². The normalized spacial score (nSPS) is 14.3. The van der Waals surface area contributed by atoms with Gasteiger partial charge >= 0.3 is 0 Å². The van der Waals surface area contributed by atoms with E-state index in [1.165, 1.54) is 6.20 Å². The highest BCUT2D eigenvalue weighted by Gasteiger charge is 2.26. The van der Waals surface area contributed by atoms with E-state index in [-0.39, 0.29) is 11.7 Å². The molecule has 0 bridgehead atoms. The Hall–Kier alpha value is -3.94. The highest BCUT2D eigenvalue weighted by molar-refractivity contribution is 6.07. The smallest absolute Gasteiger partial charge is 0.256 e. The Bertz CT molecular complexity index is 1180. The van der Waals surface area contributed by atoms with Crippen LogP contribution in [0.15, 0.2) is 67.3 Å². The number of benzene rings is 1. The Labute approximate surface area is 173 Å². The molecule has 8 nitrogen and oxygen atoms in total. The summed E-state index contributed by atoms with van der Waals surface area (Å²) in [5, 5.41) is 10.3. The second kappa shape index (κ2) is 7.47. The molecule has 0 atom stereocenters. The zero-order chi connectivity index (χ0) is 20.5. The largest absolute Gasteiger partial charge is 0.506 e. The highest BCUT2D eigenvalue weighted by Crippen LogP contribution is 2.25. The number of fused-ring (bicyclic) bond motifs is 1. The SMILES string of the molecule is O=C(c1cn(-c2ncccn2)c2ccccc12)N1CCN(c2ccc(O)cn2)CC1. The lowest BCUT2D eigenvalue weighted by molar-refractivity contribution is 0.0748. The Balaban J connectivity index is 1.40. The number of piperazine rings is 1. The van der Waals surface area contributed by atoms with Crippen LogP contribution < -0.4 is 4.90 Å². The summed E-state index contributed by atoms with van der Waals surface area (Å²) in [6.45, 7) is 2.57. The van der Waals surface area contributed by atoms with Gasteiger partial charge in [-0.25, -0.2) is 15.0 Å². The molecule has 1 aliphatic heterocycles. The Morgan fingerprint density at radius 1 is 0.900 bits per heavy atom. The minimum absolute atomic E-state index is 0.000744. The number of carbonyl (C=O) groups excluding carboxylic acids is 1. The number of hydrogen-bond donors (Lipinski definition) is 1. The summed E-state index contributed by atoms with van der Waals surface area (Å²) in [4.78, 5) is 30.3. The van der Waals surface area contributed by atoms with Gasteiger partial charge < -0.3 is 14.9 Å². The molecule has 1 fully saturated rings. The van der Waals surface area contributed by atoms with Crippen LogP contribution in [-0.2, 0) is 0 Å². The van der Waals surface area contributed by atoms with Crippen molar-refractivity contribution in [3.63, 3.8) is 0 Å². The third-order valence-electron chi connectivity index (χ3n) is 5.33. The minimum Gasteiger partial charge on any atom is -0.506 e. The van der Waals surface area contributed by atoms with Crippen molar-refractivity contribution >= 4 is 22.6 Å². The topological polar surface area (TPSA) is 87.4 Å². The van der Waals surface area contributed by atoms with E-state index in [0.29, 0.717) is 37.7 Å². The van der Waals surface area contributed by atoms with Crippen molar-refractivity contribution in [3.05, 3.63) is 72.8 Å². The van der Waals surface area contributed by atoms with E-state index >= 15 is 0 Å². The van der Waals surface area contributed by atoms with Crippen LogP contribution in [0.3, 0.4) is 0 Å². The van der Waals surface area contributed by atoms with Crippen LogP contribution in [0.4, 0.5) is 5.82 Å². The first-order valence-electron chi connectivity index (χ1n) is 9.77. The Kier molecular flexibility index (Phi) is 4.51. The van der Waals surface area contributed by atoms with Crippen molar-refractivity contribution in [2.24, 2.45) is 0 Å². The predicted molar refractivity (Wildman–Crippen MR) is 113 cm³/mol. The van der Waals surface area contributed by atoms with Gasteiger partial charge in [-0.2, -0.15) is 0 Å². The molecule has 0 aliphatic carbocycles. The zero-order valence-electron chi connectivity index (χ0n) is 16.2. The van der Waals surface area contributed by atoms with Gasteiger partial charge in [-0.15, -0.1) is 0 Å². The van der Waals surface area contributed by atoms with Crippen LogP contribution in [0.5, 0.6) is 5.75 Å². The van der Waals surface area contributed by atoms with Crippen molar-refractivity contribution in [2.75, 3.05) is 31.1 Å². The zero-order valence-corrected chi connectivity index (χ0v) is 16.2. The monoisotopic (exact) mass is 400 g/mol. The van der Waals surface area contributed by atoms with Gasteiger partial charge in [0, 0.05) is 50.2 Å². The molecule has 4 aromatic rings. The van der Waals surface area contributed by atoms with Gasteiger partial charge in [0.15, 0.2) is 0 Å². The van der Waals surface area contributed by atoms with Crippen LogP contribution in [0.2, 0.25) is 0 Å². The fourth-order valence-electron chi connectivity index (χ4n) is 3.81. The summed E-state index contributed by atoms with van der Waals surface area (Å²) >= 11 is 0. The summed E-state index contributed by atoms with van der Waals surface area (Å²) in [7, 11) is 0. The van der Waals surface area contributed by atoms with Gasteiger partial charge in [0.25, 0.3) is 5.91 Å². The molecule has 5 rings (SSSR count). The maximum Gasteiger partial charge on any atom is 0.256 e. The number of anilines is 1. The second-order valence-electron chi connectivity index (χ2n) is 7.13. The molecule has 3 aromatic heterocycles. The van der Waals surface area contributed by atoms with Crippen LogP contribution >= 0.6 is 0 Å². The average molecular weight is 400 g/mol. The number of pyridine rings is 1. The van der Waals surface area contributed by atoms with E-state index in [0.717, 1.165) is 16.7 Å². The maximum absolute atomic E-state index is 13.4. The average Bonchev–Trinajstić information content (AvgIpc) is 3.20.